The zero-order chi connectivity index (χ0) is 13.7. The molecule has 2 rings (SSSR count). The van der Waals surface area contributed by atoms with Crippen molar-refractivity contribution >= 4 is 0 Å². The van der Waals surface area contributed by atoms with E-state index in [0.717, 1.165) is 17.0 Å². The van der Waals surface area contributed by atoms with Gasteiger partial charge in [0.25, 0.3) is 0 Å². The molecule has 2 heteroatoms. The number of hydrogen-bond acceptors (Lipinski definition) is 2. The van der Waals surface area contributed by atoms with Crippen molar-refractivity contribution in [2.75, 3.05) is 0 Å². The van der Waals surface area contributed by atoms with E-state index >= 15 is 0 Å². The third kappa shape index (κ3) is 3.79. The monoisotopic (exact) mass is 261 g/mol. The van der Waals surface area contributed by atoms with E-state index in [9.17, 15) is 5.11 Å². The van der Waals surface area contributed by atoms with Crippen molar-refractivity contribution in [2.24, 2.45) is 11.8 Å². The predicted molar refractivity (Wildman–Crippen MR) is 78.9 cm³/mol. The maximum absolute atomic E-state index is 10.5. The lowest BCUT2D eigenvalue weighted by molar-refractivity contribution is 0.0713. The molecule has 0 saturated heterocycles. The van der Waals surface area contributed by atoms with Crippen LogP contribution < -0.4 is 0 Å². The van der Waals surface area contributed by atoms with Gasteiger partial charge in [0.1, 0.15) is 0 Å². The van der Waals surface area contributed by atoms with Crippen LogP contribution in [0.2, 0.25) is 0 Å². The predicted octanol–water partition coefficient (Wildman–Crippen LogP) is 4.42. The van der Waals surface area contributed by atoms with Crippen molar-refractivity contribution in [1.82, 2.24) is 4.98 Å². The van der Waals surface area contributed by atoms with E-state index in [-0.39, 0.29) is 6.10 Å². The van der Waals surface area contributed by atoms with Crippen molar-refractivity contribution in [1.29, 1.82) is 0 Å². The molecule has 0 spiro atoms. The molecule has 1 N–H and O–H groups in total. The van der Waals surface area contributed by atoms with Crippen LogP contribution in [0.25, 0.3) is 0 Å². The van der Waals surface area contributed by atoms with Crippen LogP contribution in [-0.2, 0) is 0 Å². The van der Waals surface area contributed by atoms with Crippen LogP contribution >= 0.6 is 0 Å². The molecule has 0 bridgehead atoms. The molecule has 1 aliphatic carbocycles. The van der Waals surface area contributed by atoms with Gasteiger partial charge < -0.3 is 5.11 Å². The van der Waals surface area contributed by atoms with E-state index in [1.807, 2.05) is 12.3 Å². The van der Waals surface area contributed by atoms with Crippen molar-refractivity contribution in [3.05, 3.63) is 29.6 Å². The zero-order valence-electron chi connectivity index (χ0n) is 12.3. The maximum atomic E-state index is 10.5. The molecule has 2 nitrogen and oxygen atoms in total. The Morgan fingerprint density at radius 2 is 2.05 bits per heavy atom. The number of aliphatic hydroxyl groups excluding tert-OH is 1. The van der Waals surface area contributed by atoms with E-state index in [1.54, 1.807) is 6.20 Å². The van der Waals surface area contributed by atoms with Gasteiger partial charge in [-0.1, -0.05) is 39.0 Å². The highest BCUT2D eigenvalue weighted by Gasteiger charge is 2.27. The lowest BCUT2D eigenvalue weighted by Crippen LogP contribution is -2.21. The Morgan fingerprint density at radius 1 is 1.32 bits per heavy atom. The fraction of sp³-hybridized carbons (Fsp3) is 0.706. The molecule has 0 amide bonds. The Balaban J connectivity index is 1.89. The first-order chi connectivity index (χ1) is 9.22. The van der Waals surface area contributed by atoms with Crippen LogP contribution in [0.1, 0.15) is 69.1 Å². The standard InChI is InChI=1S/C17H27NO/c1-3-4-5-14-6-8-15(9-7-14)17(19)16-12-18-11-10-13(16)2/h10-12,14-15,17,19H,3-9H2,1-2H3. The Hall–Kier alpha value is -0.890. The Kier molecular flexibility index (Phi) is 5.38. The molecular formula is C17H27NO. The number of aliphatic hydroxyl groups is 1. The zero-order valence-corrected chi connectivity index (χ0v) is 12.3. The number of nitrogens with zero attached hydrogens (tertiary/aromatic N) is 1. The minimum absolute atomic E-state index is 0.319. The Morgan fingerprint density at radius 3 is 2.68 bits per heavy atom. The third-order valence-corrected chi connectivity index (χ3v) is 4.70. The highest BCUT2D eigenvalue weighted by atomic mass is 16.3. The van der Waals surface area contributed by atoms with Crippen LogP contribution in [0.5, 0.6) is 0 Å². The first kappa shape index (κ1) is 14.5. The number of unbranched alkanes of at least 4 members (excludes halogenated alkanes) is 1. The average molecular weight is 261 g/mol. The van der Waals surface area contributed by atoms with Gasteiger partial charge in [0.2, 0.25) is 0 Å². The lowest BCUT2D eigenvalue weighted by Gasteiger charge is -2.32. The molecule has 1 aliphatic rings. The third-order valence-electron chi connectivity index (χ3n) is 4.70. The van der Waals surface area contributed by atoms with Crippen molar-refractivity contribution < 1.29 is 5.11 Å². The van der Waals surface area contributed by atoms with Crippen LogP contribution in [-0.4, -0.2) is 10.1 Å². The normalized spacial score (nSPS) is 25.2. The minimum atomic E-state index is -0.319. The van der Waals surface area contributed by atoms with E-state index in [1.165, 1.54) is 44.9 Å². The second kappa shape index (κ2) is 7.04. The van der Waals surface area contributed by atoms with Gasteiger partial charge in [0.15, 0.2) is 0 Å². The minimum Gasteiger partial charge on any atom is -0.388 e. The molecule has 1 heterocycles. The van der Waals surface area contributed by atoms with E-state index in [2.05, 4.69) is 18.8 Å². The van der Waals surface area contributed by atoms with Gasteiger partial charge in [-0.25, -0.2) is 0 Å². The fourth-order valence-corrected chi connectivity index (χ4v) is 3.33. The van der Waals surface area contributed by atoms with Crippen LogP contribution in [0, 0.1) is 18.8 Å². The molecular weight excluding hydrogens is 234 g/mol. The van der Waals surface area contributed by atoms with Gasteiger partial charge >= 0.3 is 0 Å². The number of rotatable bonds is 5. The summed E-state index contributed by atoms with van der Waals surface area (Å²) in [5.74, 6) is 1.33. The highest BCUT2D eigenvalue weighted by molar-refractivity contribution is 5.24. The summed E-state index contributed by atoms with van der Waals surface area (Å²) in [5, 5.41) is 10.5. The van der Waals surface area contributed by atoms with Crippen LogP contribution in [0.15, 0.2) is 18.5 Å². The smallest absolute Gasteiger partial charge is 0.0835 e. The van der Waals surface area contributed by atoms with E-state index in [4.69, 9.17) is 0 Å². The average Bonchev–Trinajstić information content (AvgIpc) is 2.45. The second-order valence-electron chi connectivity index (χ2n) is 6.10. The van der Waals surface area contributed by atoms with Gasteiger partial charge in [-0.15, -0.1) is 0 Å². The molecule has 19 heavy (non-hydrogen) atoms. The quantitative estimate of drug-likeness (QED) is 0.851. The highest BCUT2D eigenvalue weighted by Crippen LogP contribution is 2.38. The molecule has 0 radical (unpaired) electrons. The summed E-state index contributed by atoms with van der Waals surface area (Å²) >= 11 is 0. The number of pyridine rings is 1. The fourth-order valence-electron chi connectivity index (χ4n) is 3.33. The first-order valence-electron chi connectivity index (χ1n) is 7.81. The summed E-state index contributed by atoms with van der Waals surface area (Å²) in [4.78, 5) is 4.16. The molecule has 1 unspecified atom stereocenters. The van der Waals surface area contributed by atoms with Crippen molar-refractivity contribution in [2.45, 2.75) is 64.9 Å². The second-order valence-corrected chi connectivity index (χ2v) is 6.10. The van der Waals surface area contributed by atoms with Crippen LogP contribution in [0.3, 0.4) is 0 Å². The molecule has 1 aromatic rings. The van der Waals surface area contributed by atoms with Gasteiger partial charge in [0, 0.05) is 18.0 Å². The topological polar surface area (TPSA) is 33.1 Å². The molecule has 1 fully saturated rings. The Labute approximate surface area is 117 Å². The van der Waals surface area contributed by atoms with Gasteiger partial charge in [-0.2, -0.15) is 0 Å². The summed E-state index contributed by atoms with van der Waals surface area (Å²) in [7, 11) is 0. The maximum Gasteiger partial charge on any atom is 0.0835 e. The van der Waals surface area contributed by atoms with Crippen molar-refractivity contribution in [3.8, 4) is 0 Å². The summed E-state index contributed by atoms with van der Waals surface area (Å²) in [6.45, 7) is 4.33. The van der Waals surface area contributed by atoms with Gasteiger partial charge in [-0.05, 0) is 43.2 Å². The Bertz CT molecular complexity index is 383. The summed E-state index contributed by atoms with van der Waals surface area (Å²) in [6.07, 6.45) is 12.3. The van der Waals surface area contributed by atoms with E-state index in [0.29, 0.717) is 5.92 Å². The van der Waals surface area contributed by atoms with Gasteiger partial charge in [0.05, 0.1) is 6.10 Å². The van der Waals surface area contributed by atoms with Crippen molar-refractivity contribution in [3.63, 3.8) is 0 Å². The number of aromatic nitrogens is 1. The molecule has 0 aliphatic heterocycles. The number of hydrogen-bond donors (Lipinski definition) is 1. The lowest BCUT2D eigenvalue weighted by atomic mass is 9.76. The molecule has 106 valence electrons. The summed E-state index contributed by atoms with van der Waals surface area (Å²) in [5.41, 5.74) is 2.19. The number of aryl methyl sites for hydroxylation is 1. The molecule has 1 saturated carbocycles. The molecule has 0 aromatic carbocycles. The summed E-state index contributed by atoms with van der Waals surface area (Å²) < 4.78 is 0. The van der Waals surface area contributed by atoms with Crippen LogP contribution in [0.4, 0.5) is 0 Å². The largest absolute Gasteiger partial charge is 0.388 e. The van der Waals surface area contributed by atoms with E-state index < -0.39 is 0 Å². The SMILES string of the molecule is CCCCC1CCC(C(O)c2cnccc2C)CC1. The molecule has 1 aromatic heterocycles. The summed E-state index contributed by atoms with van der Waals surface area (Å²) in [6, 6.07) is 1.99. The molecule has 1 atom stereocenters. The van der Waals surface area contributed by atoms with Gasteiger partial charge in [-0.3, -0.25) is 4.98 Å². The first-order valence-corrected chi connectivity index (χ1v) is 7.81.